The third-order valence-corrected chi connectivity index (χ3v) is 5.69. The minimum Gasteiger partial charge on any atom is -0.511 e. The number of aliphatic hydroxyl groups is 1. The van der Waals surface area contributed by atoms with Crippen LogP contribution in [0.2, 0.25) is 0 Å². The van der Waals surface area contributed by atoms with Crippen molar-refractivity contribution >= 4 is 11.7 Å². The van der Waals surface area contributed by atoms with Crippen molar-refractivity contribution < 1.29 is 14.7 Å². The van der Waals surface area contributed by atoms with E-state index in [0.717, 1.165) is 19.3 Å². The van der Waals surface area contributed by atoms with E-state index in [1.807, 2.05) is 0 Å². The summed E-state index contributed by atoms with van der Waals surface area (Å²) in [4.78, 5) is 24.2. The van der Waals surface area contributed by atoms with Gasteiger partial charge in [-0.2, -0.15) is 0 Å². The number of fused-ring (bicyclic) bond motifs is 1. The summed E-state index contributed by atoms with van der Waals surface area (Å²) < 4.78 is 0. The van der Waals surface area contributed by atoms with E-state index in [-0.39, 0.29) is 29.0 Å². The molecule has 3 aliphatic rings. The van der Waals surface area contributed by atoms with Crippen molar-refractivity contribution in [2.24, 2.45) is 29.6 Å². The molecule has 6 unspecified atom stereocenters. The molecule has 0 aromatic heterocycles. The van der Waals surface area contributed by atoms with Gasteiger partial charge in [0.05, 0.1) is 6.04 Å². The molecule has 6 atom stereocenters. The van der Waals surface area contributed by atoms with Gasteiger partial charge in [-0.05, 0) is 43.4 Å². The van der Waals surface area contributed by atoms with E-state index in [9.17, 15) is 14.7 Å². The highest BCUT2D eigenvalue weighted by atomic mass is 16.3. The zero-order valence-corrected chi connectivity index (χ0v) is 13.5. The summed E-state index contributed by atoms with van der Waals surface area (Å²) in [5.41, 5.74) is -0.00276. The molecule has 0 aromatic rings. The Morgan fingerprint density at radius 2 is 1.91 bits per heavy atom. The zero-order valence-electron chi connectivity index (χ0n) is 13.5. The molecule has 0 spiro atoms. The topological polar surface area (TPSA) is 66.4 Å². The van der Waals surface area contributed by atoms with Crippen molar-refractivity contribution in [2.45, 2.75) is 46.1 Å². The summed E-state index contributed by atoms with van der Waals surface area (Å²) in [6.07, 6.45) is 7.74. The fraction of sp³-hybridized carbons (Fsp3) is 0.667. The van der Waals surface area contributed by atoms with Crippen LogP contribution in [0.4, 0.5) is 0 Å². The SMILES string of the molecule is CC1CCC2C(C=CC(C)C2C(O)=C2C(=O)NC(C)C2=O)C1. The molecule has 1 aliphatic heterocycles. The molecule has 2 aliphatic carbocycles. The highest BCUT2D eigenvalue weighted by molar-refractivity contribution is 6.26. The second kappa shape index (κ2) is 5.56. The second-order valence-electron chi connectivity index (χ2n) is 7.34. The monoisotopic (exact) mass is 303 g/mol. The summed E-state index contributed by atoms with van der Waals surface area (Å²) in [7, 11) is 0. The minimum absolute atomic E-state index is 0.00276. The number of amides is 1. The summed E-state index contributed by atoms with van der Waals surface area (Å²) >= 11 is 0. The maximum Gasteiger partial charge on any atom is 0.259 e. The molecule has 1 saturated heterocycles. The van der Waals surface area contributed by atoms with Gasteiger partial charge in [0.2, 0.25) is 0 Å². The van der Waals surface area contributed by atoms with Gasteiger partial charge in [0.1, 0.15) is 11.3 Å². The van der Waals surface area contributed by atoms with Crippen molar-refractivity contribution in [3.05, 3.63) is 23.5 Å². The van der Waals surface area contributed by atoms with E-state index < -0.39 is 11.9 Å². The zero-order chi connectivity index (χ0) is 16.0. The largest absolute Gasteiger partial charge is 0.511 e. The number of Topliss-reactive ketones (excluding diaryl/α,β-unsaturated/α-hetero) is 1. The number of hydrogen-bond donors (Lipinski definition) is 2. The van der Waals surface area contributed by atoms with Crippen LogP contribution in [0.5, 0.6) is 0 Å². The Kier molecular flexibility index (Phi) is 3.87. The van der Waals surface area contributed by atoms with Gasteiger partial charge >= 0.3 is 0 Å². The first-order valence-corrected chi connectivity index (χ1v) is 8.36. The summed E-state index contributed by atoms with van der Waals surface area (Å²) in [6.45, 7) is 5.99. The molecule has 0 aromatic carbocycles. The first-order valence-electron chi connectivity index (χ1n) is 8.36. The first kappa shape index (κ1) is 15.3. The molecule has 22 heavy (non-hydrogen) atoms. The predicted octanol–water partition coefficient (Wildman–Crippen LogP) is 2.76. The molecular weight excluding hydrogens is 278 g/mol. The Morgan fingerprint density at radius 1 is 1.18 bits per heavy atom. The summed E-state index contributed by atoms with van der Waals surface area (Å²) in [6, 6.07) is -0.527. The van der Waals surface area contributed by atoms with Gasteiger partial charge in [0.25, 0.3) is 5.91 Å². The maximum absolute atomic E-state index is 12.2. The van der Waals surface area contributed by atoms with Crippen LogP contribution in [0, 0.1) is 29.6 Å². The van der Waals surface area contributed by atoms with Gasteiger partial charge in [0, 0.05) is 5.92 Å². The van der Waals surface area contributed by atoms with E-state index in [1.54, 1.807) is 6.92 Å². The van der Waals surface area contributed by atoms with Crippen molar-refractivity contribution in [1.29, 1.82) is 0 Å². The molecular formula is C18H25NO3. The number of allylic oxidation sites excluding steroid dienone is 3. The highest BCUT2D eigenvalue weighted by Gasteiger charge is 2.44. The number of ketones is 1. The van der Waals surface area contributed by atoms with Gasteiger partial charge < -0.3 is 10.4 Å². The van der Waals surface area contributed by atoms with E-state index >= 15 is 0 Å². The van der Waals surface area contributed by atoms with E-state index in [0.29, 0.717) is 17.8 Å². The molecule has 2 fully saturated rings. The van der Waals surface area contributed by atoms with Crippen molar-refractivity contribution in [1.82, 2.24) is 5.32 Å². The fourth-order valence-corrected chi connectivity index (χ4v) is 4.47. The molecule has 4 nitrogen and oxygen atoms in total. The lowest BCUT2D eigenvalue weighted by molar-refractivity contribution is -0.117. The first-order chi connectivity index (χ1) is 10.4. The maximum atomic E-state index is 12.2. The van der Waals surface area contributed by atoms with Crippen LogP contribution < -0.4 is 5.32 Å². The van der Waals surface area contributed by atoms with Crippen molar-refractivity contribution in [3.8, 4) is 0 Å². The Labute approximate surface area is 131 Å². The summed E-state index contributed by atoms with van der Waals surface area (Å²) in [5, 5.41) is 13.4. The van der Waals surface area contributed by atoms with Gasteiger partial charge in [0.15, 0.2) is 5.78 Å². The van der Waals surface area contributed by atoms with E-state index in [4.69, 9.17) is 0 Å². The quantitative estimate of drug-likeness (QED) is 0.339. The van der Waals surface area contributed by atoms with Crippen LogP contribution >= 0.6 is 0 Å². The smallest absolute Gasteiger partial charge is 0.259 e. The van der Waals surface area contributed by atoms with Crippen LogP contribution in [0.3, 0.4) is 0 Å². The second-order valence-corrected chi connectivity index (χ2v) is 7.34. The predicted molar refractivity (Wildman–Crippen MR) is 84.1 cm³/mol. The molecule has 120 valence electrons. The highest BCUT2D eigenvalue weighted by Crippen LogP contribution is 2.47. The third-order valence-electron chi connectivity index (χ3n) is 5.69. The van der Waals surface area contributed by atoms with Crippen LogP contribution in [-0.2, 0) is 9.59 Å². The summed E-state index contributed by atoms with van der Waals surface area (Å²) in [5.74, 6) is 0.850. The minimum atomic E-state index is -0.527. The lowest BCUT2D eigenvalue weighted by Gasteiger charge is -2.43. The van der Waals surface area contributed by atoms with Crippen molar-refractivity contribution in [2.75, 3.05) is 0 Å². The molecule has 3 rings (SSSR count). The Hall–Kier alpha value is -1.58. The number of carbonyl (C=O) groups excluding carboxylic acids is 2. The van der Waals surface area contributed by atoms with Crippen LogP contribution in [0.15, 0.2) is 23.5 Å². The van der Waals surface area contributed by atoms with Crippen LogP contribution in [0.25, 0.3) is 0 Å². The van der Waals surface area contributed by atoms with E-state index in [2.05, 4.69) is 31.3 Å². The van der Waals surface area contributed by atoms with Crippen LogP contribution in [0.1, 0.15) is 40.0 Å². The molecule has 4 heteroatoms. The molecule has 1 saturated carbocycles. The van der Waals surface area contributed by atoms with Gasteiger partial charge in [-0.1, -0.05) is 32.4 Å². The fourth-order valence-electron chi connectivity index (χ4n) is 4.47. The number of rotatable bonds is 1. The van der Waals surface area contributed by atoms with Crippen LogP contribution in [-0.4, -0.2) is 22.8 Å². The molecule has 2 N–H and O–H groups in total. The number of aliphatic hydroxyl groups excluding tert-OH is 1. The number of carbonyl (C=O) groups is 2. The molecule has 1 heterocycles. The molecule has 1 amide bonds. The lowest BCUT2D eigenvalue weighted by atomic mass is 9.62. The Bertz CT molecular complexity index is 563. The van der Waals surface area contributed by atoms with E-state index in [1.165, 1.54) is 0 Å². The third kappa shape index (κ3) is 2.38. The number of hydrogen-bond acceptors (Lipinski definition) is 3. The van der Waals surface area contributed by atoms with Gasteiger partial charge in [-0.15, -0.1) is 0 Å². The molecule has 0 bridgehead atoms. The average molecular weight is 303 g/mol. The Balaban J connectivity index is 1.97. The normalized spacial score (nSPS) is 43.8. The van der Waals surface area contributed by atoms with Gasteiger partial charge in [-0.3, -0.25) is 9.59 Å². The Morgan fingerprint density at radius 3 is 2.55 bits per heavy atom. The molecule has 0 radical (unpaired) electrons. The lowest BCUT2D eigenvalue weighted by Crippen LogP contribution is -2.36. The average Bonchev–Trinajstić information content (AvgIpc) is 2.71. The standard InChI is InChI=1S/C18H25NO3/c1-9-4-7-13-12(8-9)6-5-10(2)14(13)17(21)15-16(20)11(3)19-18(15)22/h5-6,9-14,21H,4,7-8H2,1-3H3,(H,19,22). The number of nitrogens with one attached hydrogen (secondary N) is 1. The van der Waals surface area contributed by atoms with Crippen molar-refractivity contribution in [3.63, 3.8) is 0 Å². The van der Waals surface area contributed by atoms with Gasteiger partial charge in [-0.25, -0.2) is 0 Å².